The van der Waals surface area contributed by atoms with Gasteiger partial charge in [0, 0.05) is 5.56 Å². The second-order valence-corrected chi connectivity index (χ2v) is 4.60. The lowest BCUT2D eigenvalue weighted by molar-refractivity contribution is 0.0952. The Morgan fingerprint density at radius 3 is 2.73 bits per heavy atom. The number of carbonyl (C=O) groups excluding carboxylic acids is 1. The van der Waals surface area contributed by atoms with E-state index in [4.69, 9.17) is 4.74 Å². The van der Waals surface area contributed by atoms with Crippen LogP contribution in [0.4, 0.5) is 0 Å². The third kappa shape index (κ3) is 4.09. The van der Waals surface area contributed by atoms with E-state index in [0.29, 0.717) is 12.4 Å². The molecule has 0 saturated heterocycles. The number of amides is 1. The van der Waals surface area contributed by atoms with Crippen LogP contribution < -0.4 is 10.2 Å². The van der Waals surface area contributed by atoms with Gasteiger partial charge in [0.2, 0.25) is 0 Å². The van der Waals surface area contributed by atoms with Crippen LogP contribution >= 0.6 is 0 Å². The molecule has 0 fully saturated rings. The van der Waals surface area contributed by atoms with Crippen LogP contribution in [0.15, 0.2) is 53.6 Å². The smallest absolute Gasteiger partial charge is 0.275 e. The molecule has 2 aromatic rings. The van der Waals surface area contributed by atoms with Gasteiger partial charge in [-0.3, -0.25) is 4.79 Å². The van der Waals surface area contributed by atoms with Gasteiger partial charge < -0.3 is 9.84 Å². The second kappa shape index (κ2) is 7.83. The predicted molar refractivity (Wildman–Crippen MR) is 85.4 cm³/mol. The third-order valence-electron chi connectivity index (χ3n) is 2.90. The summed E-state index contributed by atoms with van der Waals surface area (Å²) in [5, 5.41) is 13.5. The summed E-state index contributed by atoms with van der Waals surface area (Å²) >= 11 is 0. The molecule has 2 aromatic carbocycles. The zero-order valence-corrected chi connectivity index (χ0v) is 12.3. The average molecular weight is 298 g/mol. The number of ether oxygens (including phenoxy) is 1. The predicted octanol–water partition coefficient (Wildman–Crippen LogP) is 2.94. The van der Waals surface area contributed by atoms with Gasteiger partial charge in [-0.25, -0.2) is 5.43 Å². The first-order valence-corrected chi connectivity index (χ1v) is 7.05. The van der Waals surface area contributed by atoms with Crippen LogP contribution in [-0.4, -0.2) is 23.8 Å². The highest BCUT2D eigenvalue weighted by molar-refractivity contribution is 5.97. The summed E-state index contributed by atoms with van der Waals surface area (Å²) in [6.45, 7) is 2.65. The lowest BCUT2D eigenvalue weighted by Gasteiger charge is -2.07. The maximum Gasteiger partial charge on any atom is 0.275 e. The van der Waals surface area contributed by atoms with E-state index in [1.807, 2.05) is 31.2 Å². The van der Waals surface area contributed by atoms with Gasteiger partial charge in [0.15, 0.2) is 0 Å². The van der Waals surface area contributed by atoms with Crippen LogP contribution in [0.5, 0.6) is 11.5 Å². The number of hydrazone groups is 1. The standard InChI is InChI=1S/C17H18N2O3/c1-2-11-22-16-10-6-3-7-13(16)12-18-19-17(21)14-8-4-5-9-15(14)20/h3-10,12,20H,2,11H2,1H3,(H,19,21)/b18-12+. The van der Waals surface area contributed by atoms with Gasteiger partial charge in [-0.1, -0.05) is 31.2 Å². The van der Waals surface area contributed by atoms with Gasteiger partial charge in [0.1, 0.15) is 11.5 Å². The molecular formula is C17H18N2O3. The van der Waals surface area contributed by atoms with Gasteiger partial charge in [-0.05, 0) is 30.7 Å². The summed E-state index contributed by atoms with van der Waals surface area (Å²) < 4.78 is 5.60. The Morgan fingerprint density at radius 1 is 1.23 bits per heavy atom. The number of hydrogen-bond acceptors (Lipinski definition) is 4. The fourth-order valence-corrected chi connectivity index (χ4v) is 1.82. The fraction of sp³-hybridized carbons (Fsp3) is 0.176. The first kappa shape index (κ1) is 15.6. The number of hydrogen-bond donors (Lipinski definition) is 2. The number of para-hydroxylation sites is 2. The molecule has 114 valence electrons. The molecular weight excluding hydrogens is 280 g/mol. The van der Waals surface area contributed by atoms with Crippen LogP contribution in [-0.2, 0) is 0 Å². The topological polar surface area (TPSA) is 70.9 Å². The minimum atomic E-state index is -0.471. The summed E-state index contributed by atoms with van der Waals surface area (Å²) in [6, 6.07) is 13.7. The monoisotopic (exact) mass is 298 g/mol. The van der Waals surface area contributed by atoms with Crippen LogP contribution in [0.2, 0.25) is 0 Å². The Kier molecular flexibility index (Phi) is 5.54. The van der Waals surface area contributed by atoms with Crippen molar-refractivity contribution in [3.05, 3.63) is 59.7 Å². The quantitative estimate of drug-likeness (QED) is 0.636. The highest BCUT2D eigenvalue weighted by Gasteiger charge is 2.08. The van der Waals surface area contributed by atoms with Gasteiger partial charge >= 0.3 is 0 Å². The normalized spacial score (nSPS) is 10.6. The number of rotatable bonds is 6. The zero-order valence-electron chi connectivity index (χ0n) is 12.3. The molecule has 0 aliphatic carbocycles. The maximum absolute atomic E-state index is 11.9. The molecule has 2 rings (SSSR count). The molecule has 0 aromatic heterocycles. The van der Waals surface area contributed by atoms with Crippen molar-refractivity contribution >= 4 is 12.1 Å². The Labute approximate surface area is 129 Å². The van der Waals surface area contributed by atoms with E-state index in [0.717, 1.165) is 12.0 Å². The zero-order chi connectivity index (χ0) is 15.8. The van der Waals surface area contributed by atoms with Gasteiger partial charge in [0.05, 0.1) is 18.4 Å². The Balaban J connectivity index is 2.04. The average Bonchev–Trinajstić information content (AvgIpc) is 2.54. The van der Waals surface area contributed by atoms with Crippen molar-refractivity contribution in [1.29, 1.82) is 0 Å². The molecule has 1 amide bonds. The van der Waals surface area contributed by atoms with Crippen molar-refractivity contribution < 1.29 is 14.6 Å². The molecule has 0 unspecified atom stereocenters. The molecule has 0 bridgehead atoms. The first-order valence-electron chi connectivity index (χ1n) is 7.05. The van der Waals surface area contributed by atoms with Gasteiger partial charge in [-0.2, -0.15) is 5.10 Å². The van der Waals surface area contributed by atoms with Crippen molar-refractivity contribution in [1.82, 2.24) is 5.43 Å². The number of benzene rings is 2. The number of nitrogens with zero attached hydrogens (tertiary/aromatic N) is 1. The third-order valence-corrected chi connectivity index (χ3v) is 2.90. The lowest BCUT2D eigenvalue weighted by Crippen LogP contribution is -2.17. The van der Waals surface area contributed by atoms with Crippen molar-refractivity contribution in [2.45, 2.75) is 13.3 Å². The molecule has 5 heteroatoms. The van der Waals surface area contributed by atoms with E-state index in [2.05, 4.69) is 10.5 Å². The van der Waals surface area contributed by atoms with E-state index >= 15 is 0 Å². The minimum Gasteiger partial charge on any atom is -0.507 e. The van der Waals surface area contributed by atoms with Crippen LogP contribution in [0.1, 0.15) is 29.3 Å². The van der Waals surface area contributed by atoms with E-state index in [-0.39, 0.29) is 11.3 Å². The Bertz CT molecular complexity index is 668. The van der Waals surface area contributed by atoms with Crippen LogP contribution in [0.25, 0.3) is 0 Å². The highest BCUT2D eigenvalue weighted by Crippen LogP contribution is 2.17. The van der Waals surface area contributed by atoms with Crippen molar-refractivity contribution in [2.24, 2.45) is 5.10 Å². The molecule has 0 heterocycles. The number of aromatic hydroxyl groups is 1. The van der Waals surface area contributed by atoms with Gasteiger partial charge in [0.25, 0.3) is 5.91 Å². The van der Waals surface area contributed by atoms with E-state index in [1.165, 1.54) is 18.3 Å². The van der Waals surface area contributed by atoms with E-state index in [1.54, 1.807) is 12.1 Å². The molecule has 22 heavy (non-hydrogen) atoms. The Hall–Kier alpha value is -2.82. The molecule has 0 spiro atoms. The Morgan fingerprint density at radius 2 is 1.95 bits per heavy atom. The summed E-state index contributed by atoms with van der Waals surface area (Å²) in [5.74, 6) is 0.160. The second-order valence-electron chi connectivity index (χ2n) is 4.60. The number of carbonyl (C=O) groups is 1. The molecule has 0 saturated carbocycles. The van der Waals surface area contributed by atoms with E-state index in [9.17, 15) is 9.90 Å². The lowest BCUT2D eigenvalue weighted by atomic mass is 10.2. The molecule has 0 radical (unpaired) electrons. The number of phenols is 1. The van der Waals surface area contributed by atoms with Crippen molar-refractivity contribution in [3.8, 4) is 11.5 Å². The highest BCUT2D eigenvalue weighted by atomic mass is 16.5. The summed E-state index contributed by atoms with van der Waals surface area (Å²) in [5.41, 5.74) is 3.33. The fourth-order valence-electron chi connectivity index (χ4n) is 1.82. The SMILES string of the molecule is CCCOc1ccccc1/C=N/NC(=O)c1ccccc1O. The van der Waals surface area contributed by atoms with Crippen LogP contribution in [0, 0.1) is 0 Å². The summed E-state index contributed by atoms with van der Waals surface area (Å²) in [6.07, 6.45) is 2.43. The van der Waals surface area contributed by atoms with Crippen molar-refractivity contribution in [3.63, 3.8) is 0 Å². The van der Waals surface area contributed by atoms with Crippen LogP contribution in [0.3, 0.4) is 0 Å². The first-order chi connectivity index (χ1) is 10.7. The van der Waals surface area contributed by atoms with Gasteiger partial charge in [-0.15, -0.1) is 0 Å². The maximum atomic E-state index is 11.9. The molecule has 0 aliphatic rings. The molecule has 5 nitrogen and oxygen atoms in total. The number of nitrogens with one attached hydrogen (secondary N) is 1. The summed E-state index contributed by atoms with van der Waals surface area (Å²) in [4.78, 5) is 11.9. The summed E-state index contributed by atoms with van der Waals surface area (Å²) in [7, 11) is 0. The number of phenolic OH excluding ortho intramolecular Hbond substituents is 1. The molecule has 2 N–H and O–H groups in total. The minimum absolute atomic E-state index is 0.0816. The molecule has 0 atom stereocenters. The molecule has 0 aliphatic heterocycles. The van der Waals surface area contributed by atoms with E-state index < -0.39 is 5.91 Å². The van der Waals surface area contributed by atoms with Crippen molar-refractivity contribution in [2.75, 3.05) is 6.61 Å². The largest absolute Gasteiger partial charge is 0.507 e.